The van der Waals surface area contributed by atoms with Gasteiger partial charge in [0.2, 0.25) is 0 Å². The molecule has 0 spiro atoms. The van der Waals surface area contributed by atoms with Gasteiger partial charge in [-0.15, -0.1) is 0 Å². The van der Waals surface area contributed by atoms with Crippen molar-refractivity contribution in [2.75, 3.05) is 13.2 Å². The lowest BCUT2D eigenvalue weighted by molar-refractivity contribution is 0.220. The fourth-order valence-corrected chi connectivity index (χ4v) is 1.44. The van der Waals surface area contributed by atoms with Crippen LogP contribution in [0.3, 0.4) is 0 Å². The van der Waals surface area contributed by atoms with Crippen LogP contribution in [0.25, 0.3) is 0 Å². The van der Waals surface area contributed by atoms with Crippen LogP contribution in [-0.2, 0) is 15.7 Å². The van der Waals surface area contributed by atoms with Gasteiger partial charge in [-0.25, -0.2) is 0 Å². The van der Waals surface area contributed by atoms with E-state index in [1.54, 1.807) is 0 Å². The van der Waals surface area contributed by atoms with Gasteiger partial charge in [-0.2, -0.15) is 0 Å². The molecular formula is C10H15O3P. The summed E-state index contributed by atoms with van der Waals surface area (Å²) in [5, 5.41) is 8.48. The van der Waals surface area contributed by atoms with Gasteiger partial charge in [-0.3, -0.25) is 0 Å². The molecule has 0 fully saturated rings. The fourth-order valence-electron chi connectivity index (χ4n) is 0.907. The van der Waals surface area contributed by atoms with E-state index in [1.807, 2.05) is 30.3 Å². The Morgan fingerprint density at radius 2 is 1.93 bits per heavy atom. The third-order valence-electron chi connectivity index (χ3n) is 1.60. The molecule has 0 bridgehead atoms. The molecule has 1 N–H and O–H groups in total. The van der Waals surface area contributed by atoms with E-state index in [2.05, 4.69) is 0 Å². The van der Waals surface area contributed by atoms with Crippen LogP contribution < -0.4 is 0 Å². The first-order chi connectivity index (χ1) is 6.93. The maximum absolute atomic E-state index is 8.48. The maximum atomic E-state index is 8.48. The summed E-state index contributed by atoms with van der Waals surface area (Å²) in [5.41, 5.74) is 1.14. The van der Waals surface area contributed by atoms with Crippen molar-refractivity contribution in [2.24, 2.45) is 0 Å². The number of hydrogen-bond acceptors (Lipinski definition) is 3. The van der Waals surface area contributed by atoms with Gasteiger partial charge in [-0.05, 0) is 12.0 Å². The fraction of sp³-hybridized carbons (Fsp3) is 0.400. The second kappa shape index (κ2) is 7.89. The van der Waals surface area contributed by atoms with Crippen LogP contribution in [0.1, 0.15) is 12.0 Å². The van der Waals surface area contributed by atoms with Gasteiger partial charge in [0, 0.05) is 6.61 Å². The maximum Gasteiger partial charge on any atom is 0.155 e. The van der Waals surface area contributed by atoms with Crippen LogP contribution in [-0.4, -0.2) is 18.3 Å². The van der Waals surface area contributed by atoms with Crippen LogP contribution in [0.5, 0.6) is 0 Å². The first-order valence-electron chi connectivity index (χ1n) is 4.57. The molecule has 4 heteroatoms. The highest BCUT2D eigenvalue weighted by atomic mass is 31.1. The summed E-state index contributed by atoms with van der Waals surface area (Å²) in [6.07, 6.45) is 0.668. The van der Waals surface area contributed by atoms with Crippen molar-refractivity contribution in [1.29, 1.82) is 0 Å². The second-order valence-electron chi connectivity index (χ2n) is 2.78. The van der Waals surface area contributed by atoms with Crippen molar-refractivity contribution >= 4 is 9.03 Å². The Kier molecular flexibility index (Phi) is 6.54. The lowest BCUT2D eigenvalue weighted by Gasteiger charge is -2.03. The van der Waals surface area contributed by atoms with Crippen LogP contribution in [0, 0.1) is 0 Å². The van der Waals surface area contributed by atoms with Crippen LogP contribution >= 0.6 is 9.03 Å². The van der Waals surface area contributed by atoms with E-state index in [0.29, 0.717) is 19.6 Å². The SMILES string of the molecule is OCCCOPOCc1ccccc1. The standard InChI is InChI=1S/C10H15O3P/c11-7-4-8-12-14-13-9-10-5-2-1-3-6-10/h1-3,5-6,11,14H,4,7-9H2. The Bertz CT molecular complexity index is 228. The van der Waals surface area contributed by atoms with E-state index in [9.17, 15) is 0 Å². The van der Waals surface area contributed by atoms with Gasteiger partial charge in [0.1, 0.15) is 0 Å². The molecule has 3 nitrogen and oxygen atoms in total. The molecule has 1 atom stereocenters. The van der Waals surface area contributed by atoms with Gasteiger partial charge in [-0.1, -0.05) is 30.3 Å². The molecule has 1 aromatic carbocycles. The van der Waals surface area contributed by atoms with Crippen molar-refractivity contribution in [3.63, 3.8) is 0 Å². The lowest BCUT2D eigenvalue weighted by Crippen LogP contribution is -1.91. The number of hydrogen-bond donors (Lipinski definition) is 1. The summed E-state index contributed by atoms with van der Waals surface area (Å²) in [7, 11) is 0.0565. The van der Waals surface area contributed by atoms with Crippen molar-refractivity contribution in [1.82, 2.24) is 0 Å². The highest BCUT2D eigenvalue weighted by molar-refractivity contribution is 7.26. The van der Waals surface area contributed by atoms with E-state index in [0.717, 1.165) is 5.56 Å². The molecule has 0 saturated heterocycles. The molecule has 1 rings (SSSR count). The van der Waals surface area contributed by atoms with E-state index in [-0.39, 0.29) is 15.6 Å². The summed E-state index contributed by atoms with van der Waals surface area (Å²) in [4.78, 5) is 0. The summed E-state index contributed by atoms with van der Waals surface area (Å²) in [6, 6.07) is 9.96. The Labute approximate surface area is 86.0 Å². The number of aliphatic hydroxyl groups excluding tert-OH is 1. The zero-order chi connectivity index (χ0) is 10.1. The smallest absolute Gasteiger partial charge is 0.155 e. The molecule has 0 heterocycles. The first-order valence-corrected chi connectivity index (χ1v) is 5.38. The monoisotopic (exact) mass is 214 g/mol. The minimum Gasteiger partial charge on any atom is -0.396 e. The van der Waals surface area contributed by atoms with Gasteiger partial charge >= 0.3 is 0 Å². The summed E-state index contributed by atoms with van der Waals surface area (Å²) < 4.78 is 10.4. The predicted molar refractivity (Wildman–Crippen MR) is 57.2 cm³/mol. The molecule has 0 radical (unpaired) electrons. The molecule has 0 saturated carbocycles. The summed E-state index contributed by atoms with van der Waals surface area (Å²) >= 11 is 0. The zero-order valence-electron chi connectivity index (χ0n) is 7.98. The predicted octanol–water partition coefficient (Wildman–Crippen LogP) is 2.11. The van der Waals surface area contributed by atoms with E-state index in [1.165, 1.54) is 0 Å². The van der Waals surface area contributed by atoms with Gasteiger partial charge in [0.05, 0.1) is 13.2 Å². The average Bonchev–Trinajstić information content (AvgIpc) is 2.25. The third kappa shape index (κ3) is 5.30. The Morgan fingerprint density at radius 1 is 1.14 bits per heavy atom. The van der Waals surface area contributed by atoms with E-state index < -0.39 is 0 Å². The Morgan fingerprint density at radius 3 is 2.64 bits per heavy atom. The zero-order valence-corrected chi connectivity index (χ0v) is 8.98. The molecule has 0 amide bonds. The van der Waals surface area contributed by atoms with Crippen LogP contribution in [0.2, 0.25) is 0 Å². The first kappa shape index (κ1) is 11.6. The molecule has 0 aliphatic heterocycles. The molecule has 1 aromatic rings. The molecule has 1 unspecified atom stereocenters. The minimum atomic E-state index is 0.0565. The van der Waals surface area contributed by atoms with E-state index >= 15 is 0 Å². The quantitative estimate of drug-likeness (QED) is 0.558. The largest absolute Gasteiger partial charge is 0.396 e. The molecule has 0 aromatic heterocycles. The lowest BCUT2D eigenvalue weighted by atomic mass is 10.2. The van der Waals surface area contributed by atoms with Gasteiger partial charge in [0.15, 0.2) is 9.03 Å². The van der Waals surface area contributed by atoms with Crippen LogP contribution in [0.4, 0.5) is 0 Å². The molecular weight excluding hydrogens is 199 g/mol. The van der Waals surface area contributed by atoms with Gasteiger partial charge < -0.3 is 14.2 Å². The Balaban J connectivity index is 1.99. The van der Waals surface area contributed by atoms with Crippen molar-refractivity contribution in [2.45, 2.75) is 13.0 Å². The highest BCUT2D eigenvalue weighted by Crippen LogP contribution is 2.16. The number of rotatable bonds is 7. The van der Waals surface area contributed by atoms with Crippen molar-refractivity contribution < 1.29 is 14.2 Å². The molecule has 14 heavy (non-hydrogen) atoms. The van der Waals surface area contributed by atoms with E-state index in [4.69, 9.17) is 14.2 Å². The van der Waals surface area contributed by atoms with Crippen molar-refractivity contribution in [3.8, 4) is 0 Å². The summed E-state index contributed by atoms with van der Waals surface area (Å²) in [5.74, 6) is 0. The average molecular weight is 214 g/mol. The molecule has 0 aliphatic carbocycles. The highest BCUT2D eigenvalue weighted by Gasteiger charge is 1.92. The summed E-state index contributed by atoms with van der Waals surface area (Å²) in [6.45, 7) is 1.31. The molecule has 78 valence electrons. The van der Waals surface area contributed by atoms with Gasteiger partial charge in [0.25, 0.3) is 0 Å². The normalized spacial score (nSPS) is 11.2. The third-order valence-corrected chi connectivity index (χ3v) is 2.19. The number of benzene rings is 1. The number of aliphatic hydroxyl groups is 1. The van der Waals surface area contributed by atoms with Crippen LogP contribution in [0.15, 0.2) is 30.3 Å². The second-order valence-corrected chi connectivity index (χ2v) is 3.53. The topological polar surface area (TPSA) is 38.7 Å². The Hall–Kier alpha value is -0.470. The molecule has 0 aliphatic rings. The van der Waals surface area contributed by atoms with Crippen molar-refractivity contribution in [3.05, 3.63) is 35.9 Å². The minimum absolute atomic E-state index is 0.0565.